The number of hydrogen-bond acceptors (Lipinski definition) is 2. The Bertz CT molecular complexity index is 202. The van der Waals surface area contributed by atoms with Gasteiger partial charge in [-0.05, 0) is 12.8 Å². The maximum atomic E-state index is 10.1. The number of carboxylic acids is 2. The predicted molar refractivity (Wildman–Crippen MR) is 72.8 cm³/mol. The van der Waals surface area contributed by atoms with Gasteiger partial charge in [-0.15, -0.1) is 0 Å². The van der Waals surface area contributed by atoms with E-state index in [-0.39, 0.29) is 0 Å². The van der Waals surface area contributed by atoms with Crippen molar-refractivity contribution >= 4 is 11.9 Å². The topological polar surface area (TPSA) is 74.6 Å². The van der Waals surface area contributed by atoms with E-state index in [2.05, 4.69) is 6.92 Å². The molecule has 0 amide bonds. The number of aliphatic carboxylic acids is 2. The molecular formula is C14H28O4. The molecule has 0 aliphatic carbocycles. The summed E-state index contributed by atoms with van der Waals surface area (Å²) in [6.45, 7) is 4.15. The zero-order chi connectivity index (χ0) is 14.2. The Hall–Kier alpha value is -1.06. The average Bonchev–Trinajstić information content (AvgIpc) is 2.31. The standard InChI is InChI=1S/C9H18O2.C5H10O2/c1-2-3-4-5-6-7-8-9(10)11;1-2-3-4-5(6)7/h2-8H2,1H3,(H,10,11);2-4H2,1H3,(H,6,7). The van der Waals surface area contributed by atoms with Crippen molar-refractivity contribution in [2.24, 2.45) is 0 Å². The summed E-state index contributed by atoms with van der Waals surface area (Å²) in [6.07, 6.45) is 9.33. The van der Waals surface area contributed by atoms with Gasteiger partial charge in [-0.25, -0.2) is 0 Å². The molecule has 0 atom stereocenters. The van der Waals surface area contributed by atoms with Gasteiger partial charge in [0.15, 0.2) is 0 Å². The summed E-state index contributed by atoms with van der Waals surface area (Å²) in [6, 6.07) is 0. The van der Waals surface area contributed by atoms with Crippen molar-refractivity contribution in [3.63, 3.8) is 0 Å². The first-order valence-corrected chi connectivity index (χ1v) is 6.98. The second-order valence-corrected chi connectivity index (χ2v) is 4.41. The molecule has 0 heterocycles. The lowest BCUT2D eigenvalue weighted by Gasteiger charge is -1.97. The molecule has 0 rings (SSSR count). The smallest absolute Gasteiger partial charge is 0.303 e. The SMILES string of the molecule is CCCCC(=O)O.CCCCCCCCC(=O)O. The van der Waals surface area contributed by atoms with Gasteiger partial charge in [-0.1, -0.05) is 52.4 Å². The van der Waals surface area contributed by atoms with E-state index in [1.54, 1.807) is 0 Å². The molecule has 0 aliphatic heterocycles. The summed E-state index contributed by atoms with van der Waals surface area (Å²) >= 11 is 0. The monoisotopic (exact) mass is 260 g/mol. The van der Waals surface area contributed by atoms with Crippen LogP contribution in [-0.2, 0) is 9.59 Å². The van der Waals surface area contributed by atoms with Crippen molar-refractivity contribution in [3.05, 3.63) is 0 Å². The highest BCUT2D eigenvalue weighted by Crippen LogP contribution is 2.06. The summed E-state index contributed by atoms with van der Waals surface area (Å²) in [5, 5.41) is 16.4. The fourth-order valence-corrected chi connectivity index (χ4v) is 1.38. The third-order valence-electron chi connectivity index (χ3n) is 2.49. The Morgan fingerprint density at radius 1 is 0.667 bits per heavy atom. The molecule has 0 aliphatic rings. The number of unbranched alkanes of at least 4 members (excludes halogenated alkanes) is 6. The molecular weight excluding hydrogens is 232 g/mol. The first-order chi connectivity index (χ1) is 8.54. The van der Waals surface area contributed by atoms with Gasteiger partial charge < -0.3 is 10.2 Å². The normalized spacial score (nSPS) is 9.44. The molecule has 0 unspecified atom stereocenters. The Morgan fingerprint density at radius 3 is 1.44 bits per heavy atom. The average molecular weight is 260 g/mol. The first kappa shape index (κ1) is 19.3. The van der Waals surface area contributed by atoms with Crippen LogP contribution in [0.2, 0.25) is 0 Å². The van der Waals surface area contributed by atoms with E-state index in [0.717, 1.165) is 25.7 Å². The van der Waals surface area contributed by atoms with E-state index in [0.29, 0.717) is 12.8 Å². The Balaban J connectivity index is 0. The van der Waals surface area contributed by atoms with Crippen LogP contribution in [0, 0.1) is 0 Å². The van der Waals surface area contributed by atoms with E-state index in [9.17, 15) is 9.59 Å². The summed E-state index contributed by atoms with van der Waals surface area (Å²) < 4.78 is 0. The molecule has 0 aromatic rings. The summed E-state index contributed by atoms with van der Waals surface area (Å²) in [7, 11) is 0. The highest BCUT2D eigenvalue weighted by atomic mass is 16.4. The second kappa shape index (κ2) is 15.9. The molecule has 0 saturated heterocycles. The fraction of sp³-hybridized carbons (Fsp3) is 0.857. The van der Waals surface area contributed by atoms with E-state index < -0.39 is 11.9 Å². The maximum Gasteiger partial charge on any atom is 0.303 e. The minimum atomic E-state index is -0.693. The molecule has 0 radical (unpaired) electrons. The van der Waals surface area contributed by atoms with Gasteiger partial charge in [0.25, 0.3) is 0 Å². The lowest BCUT2D eigenvalue weighted by Crippen LogP contribution is -1.93. The molecule has 0 aromatic carbocycles. The predicted octanol–water partition coefficient (Wildman–Crippen LogP) is 4.08. The van der Waals surface area contributed by atoms with Crippen LogP contribution < -0.4 is 0 Å². The van der Waals surface area contributed by atoms with Crippen molar-refractivity contribution in [1.82, 2.24) is 0 Å². The summed E-state index contributed by atoms with van der Waals surface area (Å²) in [5.74, 6) is -1.36. The van der Waals surface area contributed by atoms with Crippen LogP contribution in [0.4, 0.5) is 0 Å². The van der Waals surface area contributed by atoms with Crippen LogP contribution in [0.3, 0.4) is 0 Å². The molecule has 18 heavy (non-hydrogen) atoms. The summed E-state index contributed by atoms with van der Waals surface area (Å²) in [5.41, 5.74) is 0. The van der Waals surface area contributed by atoms with E-state index in [1.807, 2.05) is 6.92 Å². The van der Waals surface area contributed by atoms with Crippen LogP contribution in [0.15, 0.2) is 0 Å². The molecule has 0 bridgehead atoms. The second-order valence-electron chi connectivity index (χ2n) is 4.41. The maximum absolute atomic E-state index is 10.1. The molecule has 0 fully saturated rings. The molecule has 108 valence electrons. The highest BCUT2D eigenvalue weighted by Gasteiger charge is 1.95. The van der Waals surface area contributed by atoms with Crippen molar-refractivity contribution in [2.75, 3.05) is 0 Å². The van der Waals surface area contributed by atoms with Crippen LogP contribution >= 0.6 is 0 Å². The third-order valence-corrected chi connectivity index (χ3v) is 2.49. The number of rotatable bonds is 10. The van der Waals surface area contributed by atoms with Gasteiger partial charge in [-0.3, -0.25) is 9.59 Å². The minimum absolute atomic E-state index is 0.316. The quantitative estimate of drug-likeness (QED) is 0.580. The highest BCUT2D eigenvalue weighted by molar-refractivity contribution is 5.66. The van der Waals surface area contributed by atoms with Gasteiger partial charge >= 0.3 is 11.9 Å². The fourth-order valence-electron chi connectivity index (χ4n) is 1.38. The first-order valence-electron chi connectivity index (χ1n) is 6.98. The van der Waals surface area contributed by atoms with Gasteiger partial charge in [0, 0.05) is 12.8 Å². The van der Waals surface area contributed by atoms with Crippen LogP contribution in [0.25, 0.3) is 0 Å². The molecule has 0 aromatic heterocycles. The van der Waals surface area contributed by atoms with Crippen molar-refractivity contribution < 1.29 is 19.8 Å². The zero-order valence-corrected chi connectivity index (χ0v) is 11.8. The van der Waals surface area contributed by atoms with E-state index >= 15 is 0 Å². The Morgan fingerprint density at radius 2 is 1.06 bits per heavy atom. The van der Waals surface area contributed by atoms with E-state index in [4.69, 9.17) is 10.2 Å². The lowest BCUT2D eigenvalue weighted by molar-refractivity contribution is -0.138. The van der Waals surface area contributed by atoms with E-state index in [1.165, 1.54) is 25.7 Å². The van der Waals surface area contributed by atoms with Gasteiger partial charge in [0.1, 0.15) is 0 Å². The Kier molecular flexibility index (Phi) is 17.1. The van der Waals surface area contributed by atoms with Gasteiger partial charge in [0.2, 0.25) is 0 Å². The van der Waals surface area contributed by atoms with Crippen molar-refractivity contribution in [3.8, 4) is 0 Å². The third kappa shape index (κ3) is 24.3. The van der Waals surface area contributed by atoms with Crippen LogP contribution in [-0.4, -0.2) is 22.2 Å². The molecule has 0 spiro atoms. The van der Waals surface area contributed by atoms with Crippen molar-refractivity contribution in [1.29, 1.82) is 0 Å². The van der Waals surface area contributed by atoms with Crippen LogP contribution in [0.5, 0.6) is 0 Å². The number of hydrogen-bond donors (Lipinski definition) is 2. The lowest BCUT2D eigenvalue weighted by atomic mass is 10.1. The Labute approximate surface area is 110 Å². The summed E-state index contributed by atoms with van der Waals surface area (Å²) in [4.78, 5) is 19.8. The number of carbonyl (C=O) groups is 2. The molecule has 4 heteroatoms. The largest absolute Gasteiger partial charge is 0.481 e. The van der Waals surface area contributed by atoms with Crippen molar-refractivity contribution in [2.45, 2.75) is 78.1 Å². The number of carboxylic acid groups (broad SMARTS) is 2. The molecule has 4 nitrogen and oxygen atoms in total. The van der Waals surface area contributed by atoms with Crippen LogP contribution in [0.1, 0.15) is 78.1 Å². The van der Waals surface area contributed by atoms with Gasteiger partial charge in [-0.2, -0.15) is 0 Å². The minimum Gasteiger partial charge on any atom is -0.481 e. The molecule has 0 saturated carbocycles. The zero-order valence-electron chi connectivity index (χ0n) is 11.8. The van der Waals surface area contributed by atoms with Gasteiger partial charge in [0.05, 0.1) is 0 Å². The molecule has 2 N–H and O–H groups in total.